The second kappa shape index (κ2) is 10.1. The predicted octanol–water partition coefficient (Wildman–Crippen LogP) is 3.33. The van der Waals surface area contributed by atoms with Crippen molar-refractivity contribution in [3.05, 3.63) is 89.9 Å². The summed E-state index contributed by atoms with van der Waals surface area (Å²) in [5.41, 5.74) is 1.60. The molecular formula is C24H27N3O4S. The molecule has 1 amide bonds. The third kappa shape index (κ3) is 5.45. The summed E-state index contributed by atoms with van der Waals surface area (Å²) in [5, 5.41) is 3.02. The molecule has 8 heteroatoms. The van der Waals surface area contributed by atoms with E-state index in [0.717, 1.165) is 13.1 Å². The molecule has 1 atom stereocenters. The van der Waals surface area contributed by atoms with Gasteiger partial charge in [0.2, 0.25) is 10.0 Å². The highest BCUT2D eigenvalue weighted by Crippen LogP contribution is 2.24. The average Bonchev–Trinajstić information content (AvgIpc) is 3.53. The number of rotatable bonds is 9. The molecule has 0 spiro atoms. The van der Waals surface area contributed by atoms with Crippen LogP contribution in [0.2, 0.25) is 0 Å². The Kier molecular flexibility index (Phi) is 7.04. The molecule has 32 heavy (non-hydrogen) atoms. The molecule has 1 fully saturated rings. The van der Waals surface area contributed by atoms with Crippen LogP contribution in [0.5, 0.6) is 0 Å². The molecule has 2 heterocycles. The summed E-state index contributed by atoms with van der Waals surface area (Å²) >= 11 is 0. The molecule has 168 valence electrons. The van der Waals surface area contributed by atoms with Gasteiger partial charge >= 0.3 is 0 Å². The van der Waals surface area contributed by atoms with E-state index in [0.29, 0.717) is 17.9 Å². The molecule has 2 aromatic carbocycles. The van der Waals surface area contributed by atoms with Crippen molar-refractivity contribution in [2.75, 3.05) is 19.6 Å². The number of carbonyl (C=O) groups excluding carboxylic acids is 1. The van der Waals surface area contributed by atoms with Gasteiger partial charge in [0.05, 0.1) is 23.7 Å². The molecule has 2 N–H and O–H groups in total. The highest BCUT2D eigenvalue weighted by Gasteiger charge is 2.24. The molecule has 1 aromatic heterocycles. The van der Waals surface area contributed by atoms with Crippen molar-refractivity contribution in [3.63, 3.8) is 0 Å². The van der Waals surface area contributed by atoms with Crippen molar-refractivity contribution < 1.29 is 17.6 Å². The number of nitrogens with one attached hydrogen (secondary N) is 2. The fourth-order valence-electron chi connectivity index (χ4n) is 3.93. The Morgan fingerprint density at radius 2 is 1.69 bits per heavy atom. The Balaban J connectivity index is 1.38. The number of benzene rings is 2. The Labute approximate surface area is 188 Å². The van der Waals surface area contributed by atoms with Crippen molar-refractivity contribution in [3.8, 4) is 0 Å². The van der Waals surface area contributed by atoms with Crippen LogP contribution in [-0.4, -0.2) is 38.9 Å². The van der Waals surface area contributed by atoms with Crippen LogP contribution >= 0.6 is 0 Å². The Bertz CT molecular complexity index is 1110. The molecule has 4 rings (SSSR count). The summed E-state index contributed by atoms with van der Waals surface area (Å²) in [7, 11) is -3.70. The molecule has 1 saturated heterocycles. The SMILES string of the molecule is O=C(NCC(c1ccccc1)N1CCCC1)c1ccc(S(=O)(=O)NCc2ccco2)cc1. The minimum Gasteiger partial charge on any atom is -0.468 e. The van der Waals surface area contributed by atoms with E-state index in [1.54, 1.807) is 12.1 Å². The van der Waals surface area contributed by atoms with Gasteiger partial charge in [0, 0.05) is 12.1 Å². The maximum absolute atomic E-state index is 12.7. The van der Waals surface area contributed by atoms with Gasteiger partial charge in [0.1, 0.15) is 5.76 Å². The van der Waals surface area contributed by atoms with Crippen LogP contribution in [0.25, 0.3) is 0 Å². The van der Waals surface area contributed by atoms with Crippen molar-refractivity contribution in [1.29, 1.82) is 0 Å². The third-order valence-electron chi connectivity index (χ3n) is 5.67. The zero-order valence-electron chi connectivity index (χ0n) is 17.7. The fraction of sp³-hybridized carbons (Fsp3) is 0.292. The van der Waals surface area contributed by atoms with Crippen LogP contribution in [0.4, 0.5) is 0 Å². The average molecular weight is 454 g/mol. The summed E-state index contributed by atoms with van der Waals surface area (Å²) in [5.74, 6) is 0.299. The molecule has 3 aromatic rings. The summed E-state index contributed by atoms with van der Waals surface area (Å²) in [6.45, 7) is 2.60. The first kappa shape index (κ1) is 22.3. The van der Waals surface area contributed by atoms with Gasteiger partial charge in [0.25, 0.3) is 5.91 Å². The molecule has 0 radical (unpaired) electrons. The monoisotopic (exact) mass is 453 g/mol. The van der Waals surface area contributed by atoms with Gasteiger partial charge in [-0.15, -0.1) is 0 Å². The molecular weight excluding hydrogens is 426 g/mol. The summed E-state index contributed by atoms with van der Waals surface area (Å²) in [6.07, 6.45) is 3.82. The number of carbonyl (C=O) groups is 1. The molecule has 0 bridgehead atoms. The van der Waals surface area contributed by atoms with Crippen LogP contribution in [-0.2, 0) is 16.6 Å². The lowest BCUT2D eigenvalue weighted by atomic mass is 10.1. The van der Waals surface area contributed by atoms with Crippen LogP contribution in [0.3, 0.4) is 0 Å². The second-order valence-corrected chi connectivity index (χ2v) is 9.57. The molecule has 0 saturated carbocycles. The van der Waals surface area contributed by atoms with Gasteiger partial charge in [-0.2, -0.15) is 0 Å². The van der Waals surface area contributed by atoms with E-state index < -0.39 is 10.0 Å². The van der Waals surface area contributed by atoms with Crippen LogP contribution in [0.15, 0.2) is 82.3 Å². The van der Waals surface area contributed by atoms with Crippen LogP contribution < -0.4 is 10.0 Å². The second-order valence-electron chi connectivity index (χ2n) is 7.81. The first-order chi connectivity index (χ1) is 15.5. The molecule has 0 aliphatic carbocycles. The van der Waals surface area contributed by atoms with Gasteiger partial charge < -0.3 is 9.73 Å². The fourth-order valence-corrected chi connectivity index (χ4v) is 4.92. The largest absolute Gasteiger partial charge is 0.468 e. The number of hydrogen-bond donors (Lipinski definition) is 2. The standard InChI is InChI=1S/C24H27N3O4S/c28-24(25-18-23(27-14-4-5-15-27)19-7-2-1-3-8-19)20-10-12-22(13-11-20)32(29,30)26-17-21-9-6-16-31-21/h1-3,6-13,16,23,26H,4-5,14-15,17-18H2,(H,25,28). The molecule has 1 unspecified atom stereocenters. The minimum atomic E-state index is -3.70. The third-order valence-corrected chi connectivity index (χ3v) is 7.08. The van der Waals surface area contributed by atoms with E-state index in [-0.39, 0.29) is 23.4 Å². The van der Waals surface area contributed by atoms with Crippen molar-refractivity contribution >= 4 is 15.9 Å². The van der Waals surface area contributed by atoms with E-state index in [9.17, 15) is 13.2 Å². The Morgan fingerprint density at radius 3 is 2.34 bits per heavy atom. The maximum Gasteiger partial charge on any atom is 0.251 e. The number of sulfonamides is 1. The van der Waals surface area contributed by atoms with Crippen LogP contribution in [0, 0.1) is 0 Å². The zero-order valence-corrected chi connectivity index (χ0v) is 18.6. The van der Waals surface area contributed by atoms with Crippen molar-refractivity contribution in [2.45, 2.75) is 30.3 Å². The topological polar surface area (TPSA) is 91.7 Å². The Morgan fingerprint density at radius 1 is 0.969 bits per heavy atom. The lowest BCUT2D eigenvalue weighted by Gasteiger charge is -2.28. The maximum atomic E-state index is 12.7. The van der Waals surface area contributed by atoms with E-state index >= 15 is 0 Å². The number of amides is 1. The smallest absolute Gasteiger partial charge is 0.251 e. The van der Waals surface area contributed by atoms with Gasteiger partial charge in [-0.3, -0.25) is 9.69 Å². The summed E-state index contributed by atoms with van der Waals surface area (Å²) in [6, 6.07) is 19.6. The van der Waals surface area contributed by atoms with Gasteiger partial charge in [-0.25, -0.2) is 13.1 Å². The summed E-state index contributed by atoms with van der Waals surface area (Å²) in [4.78, 5) is 15.2. The van der Waals surface area contributed by atoms with Crippen molar-refractivity contribution in [1.82, 2.24) is 14.9 Å². The van der Waals surface area contributed by atoms with Crippen LogP contribution in [0.1, 0.15) is 40.6 Å². The minimum absolute atomic E-state index is 0.0644. The molecule has 1 aliphatic heterocycles. The van der Waals surface area contributed by atoms with Gasteiger partial charge in [-0.1, -0.05) is 30.3 Å². The van der Waals surface area contributed by atoms with E-state index in [1.165, 1.54) is 48.9 Å². The number of nitrogens with zero attached hydrogens (tertiary/aromatic N) is 1. The Hall–Kier alpha value is -2.94. The lowest BCUT2D eigenvalue weighted by Crippen LogP contribution is -2.36. The summed E-state index contributed by atoms with van der Waals surface area (Å²) < 4.78 is 32.6. The predicted molar refractivity (Wildman–Crippen MR) is 121 cm³/mol. The first-order valence-electron chi connectivity index (χ1n) is 10.7. The number of hydrogen-bond acceptors (Lipinski definition) is 5. The van der Waals surface area contributed by atoms with E-state index in [2.05, 4.69) is 27.1 Å². The number of furan rings is 1. The lowest BCUT2D eigenvalue weighted by molar-refractivity contribution is 0.0938. The van der Waals surface area contributed by atoms with Gasteiger partial charge in [-0.05, 0) is 67.9 Å². The number of likely N-dealkylation sites (tertiary alicyclic amines) is 1. The normalized spacial score (nSPS) is 15.5. The van der Waals surface area contributed by atoms with Crippen molar-refractivity contribution in [2.24, 2.45) is 0 Å². The zero-order chi connectivity index (χ0) is 22.4. The highest BCUT2D eigenvalue weighted by atomic mass is 32.2. The van der Waals surface area contributed by atoms with E-state index in [4.69, 9.17) is 4.42 Å². The van der Waals surface area contributed by atoms with E-state index in [1.807, 2.05) is 18.2 Å². The highest BCUT2D eigenvalue weighted by molar-refractivity contribution is 7.89. The first-order valence-corrected chi connectivity index (χ1v) is 12.2. The molecule has 1 aliphatic rings. The quantitative estimate of drug-likeness (QED) is 0.519. The molecule has 7 nitrogen and oxygen atoms in total. The van der Waals surface area contributed by atoms with Gasteiger partial charge in [0.15, 0.2) is 0 Å².